The number of benzene rings is 1. The summed E-state index contributed by atoms with van der Waals surface area (Å²) in [5.74, 6) is 0. The molecule has 2 bridgehead atoms. The summed E-state index contributed by atoms with van der Waals surface area (Å²) in [7, 11) is 0. The Balaban J connectivity index is 1.78. The lowest BCUT2D eigenvalue weighted by Gasteiger charge is -2.35. The molecule has 0 saturated carbocycles. The Kier molecular flexibility index (Phi) is 2.17. The highest BCUT2D eigenvalue weighted by atomic mass is 15.3. The number of para-hydroxylation sites is 1. The fraction of sp³-hybridized carbons (Fsp3) is 0.538. The highest BCUT2D eigenvalue weighted by Gasteiger charge is 2.42. The molecular formula is C13H18N2. The Morgan fingerprint density at radius 3 is 2.53 bits per heavy atom. The van der Waals surface area contributed by atoms with E-state index in [0.717, 1.165) is 12.1 Å². The number of nitrogens with zero attached hydrogens (tertiary/aromatic N) is 2. The van der Waals surface area contributed by atoms with Crippen molar-refractivity contribution in [2.75, 3.05) is 24.5 Å². The van der Waals surface area contributed by atoms with Crippen molar-refractivity contribution in [3.05, 3.63) is 30.3 Å². The Bertz CT molecular complexity index is 336. The van der Waals surface area contributed by atoms with Crippen molar-refractivity contribution in [1.82, 2.24) is 4.90 Å². The van der Waals surface area contributed by atoms with E-state index in [4.69, 9.17) is 0 Å². The molecule has 0 radical (unpaired) electrons. The molecule has 2 aliphatic heterocycles. The highest BCUT2D eigenvalue weighted by molar-refractivity contribution is 5.49. The third-order valence-electron chi connectivity index (χ3n) is 3.85. The number of hydrogen-bond acceptors (Lipinski definition) is 2. The minimum atomic E-state index is 0.761. The maximum atomic E-state index is 2.62. The van der Waals surface area contributed by atoms with Crippen molar-refractivity contribution < 1.29 is 0 Å². The van der Waals surface area contributed by atoms with E-state index in [0.29, 0.717) is 0 Å². The number of likely N-dealkylation sites (N-methyl/N-ethyl adjacent to an activating group) is 1. The van der Waals surface area contributed by atoms with E-state index in [-0.39, 0.29) is 0 Å². The van der Waals surface area contributed by atoms with Crippen LogP contribution in [0.4, 0.5) is 5.69 Å². The molecule has 0 spiro atoms. The monoisotopic (exact) mass is 202 g/mol. The van der Waals surface area contributed by atoms with Gasteiger partial charge in [-0.25, -0.2) is 0 Å². The fourth-order valence-electron chi connectivity index (χ4n) is 3.07. The molecule has 1 aromatic rings. The van der Waals surface area contributed by atoms with Gasteiger partial charge in [0.05, 0.1) is 0 Å². The van der Waals surface area contributed by atoms with Crippen LogP contribution in [0.2, 0.25) is 0 Å². The van der Waals surface area contributed by atoms with Crippen LogP contribution in [0.15, 0.2) is 30.3 Å². The normalized spacial score (nSPS) is 30.1. The van der Waals surface area contributed by atoms with Gasteiger partial charge in [0.1, 0.15) is 0 Å². The third-order valence-corrected chi connectivity index (χ3v) is 3.85. The van der Waals surface area contributed by atoms with Gasteiger partial charge in [-0.05, 0) is 25.1 Å². The van der Waals surface area contributed by atoms with Gasteiger partial charge in [0.25, 0.3) is 0 Å². The lowest BCUT2D eigenvalue weighted by atomic mass is 10.2. The first-order valence-electron chi connectivity index (χ1n) is 5.94. The quantitative estimate of drug-likeness (QED) is 0.723. The van der Waals surface area contributed by atoms with Gasteiger partial charge in [-0.15, -0.1) is 0 Å². The summed E-state index contributed by atoms with van der Waals surface area (Å²) in [5.41, 5.74) is 1.40. The molecule has 15 heavy (non-hydrogen) atoms. The van der Waals surface area contributed by atoms with Crippen LogP contribution in [0, 0.1) is 0 Å². The zero-order valence-electron chi connectivity index (χ0n) is 9.26. The molecule has 0 amide bonds. The first kappa shape index (κ1) is 9.22. The van der Waals surface area contributed by atoms with Gasteiger partial charge >= 0.3 is 0 Å². The number of fused-ring (bicyclic) bond motifs is 2. The van der Waals surface area contributed by atoms with E-state index in [1.807, 2.05) is 0 Å². The van der Waals surface area contributed by atoms with Crippen LogP contribution in [-0.4, -0.2) is 36.6 Å². The van der Waals surface area contributed by atoms with Gasteiger partial charge in [-0.2, -0.15) is 0 Å². The molecule has 2 fully saturated rings. The van der Waals surface area contributed by atoms with Crippen molar-refractivity contribution in [2.45, 2.75) is 25.4 Å². The Morgan fingerprint density at radius 1 is 1.13 bits per heavy atom. The molecular weight excluding hydrogens is 184 g/mol. The van der Waals surface area contributed by atoms with Crippen LogP contribution in [0.5, 0.6) is 0 Å². The smallest absolute Gasteiger partial charge is 0.0433 e. The molecule has 0 N–H and O–H groups in total. The molecule has 3 rings (SSSR count). The summed E-state index contributed by atoms with van der Waals surface area (Å²) in [4.78, 5) is 5.20. The van der Waals surface area contributed by atoms with Gasteiger partial charge < -0.3 is 4.90 Å². The van der Waals surface area contributed by atoms with E-state index >= 15 is 0 Å². The lowest BCUT2D eigenvalue weighted by Crippen LogP contribution is -2.46. The number of anilines is 1. The van der Waals surface area contributed by atoms with E-state index in [9.17, 15) is 0 Å². The average molecular weight is 202 g/mol. The maximum Gasteiger partial charge on any atom is 0.0433 e. The number of likely N-dealkylation sites (tertiary alicyclic amines) is 1. The molecule has 2 atom stereocenters. The van der Waals surface area contributed by atoms with Gasteiger partial charge in [-0.3, -0.25) is 4.90 Å². The van der Waals surface area contributed by atoms with Crippen molar-refractivity contribution in [3.8, 4) is 0 Å². The molecule has 2 nitrogen and oxygen atoms in total. The first-order chi connectivity index (χ1) is 7.38. The second-order valence-electron chi connectivity index (χ2n) is 4.62. The largest absolute Gasteiger partial charge is 0.366 e. The second-order valence-corrected chi connectivity index (χ2v) is 4.62. The van der Waals surface area contributed by atoms with Crippen LogP contribution >= 0.6 is 0 Å². The van der Waals surface area contributed by atoms with E-state index in [1.165, 1.54) is 31.7 Å². The topological polar surface area (TPSA) is 6.48 Å². The Hall–Kier alpha value is -1.02. The van der Waals surface area contributed by atoms with E-state index in [1.54, 1.807) is 0 Å². The number of hydrogen-bond donors (Lipinski definition) is 0. The summed E-state index contributed by atoms with van der Waals surface area (Å²) in [6.07, 6.45) is 1.36. The fourth-order valence-corrected chi connectivity index (χ4v) is 3.07. The highest BCUT2D eigenvalue weighted by Crippen LogP contribution is 2.33. The number of piperazine rings is 1. The number of rotatable bonds is 2. The van der Waals surface area contributed by atoms with Crippen LogP contribution in [0.3, 0.4) is 0 Å². The standard InChI is InChI=1S/C13H18N2/c1-2-14-9-13-8-12(14)10-15(13)11-6-4-3-5-7-11/h3-7,12-13H,2,8-10H2,1H3. The summed E-state index contributed by atoms with van der Waals surface area (Å²) < 4.78 is 0. The summed E-state index contributed by atoms with van der Waals surface area (Å²) >= 11 is 0. The third kappa shape index (κ3) is 1.44. The average Bonchev–Trinajstić information content (AvgIpc) is 2.89. The predicted molar refractivity (Wildman–Crippen MR) is 63.2 cm³/mol. The minimum Gasteiger partial charge on any atom is -0.366 e. The first-order valence-corrected chi connectivity index (χ1v) is 5.94. The molecule has 1 aromatic carbocycles. The zero-order valence-corrected chi connectivity index (χ0v) is 9.26. The molecule has 2 heteroatoms. The van der Waals surface area contributed by atoms with Crippen molar-refractivity contribution >= 4 is 5.69 Å². The van der Waals surface area contributed by atoms with Crippen LogP contribution < -0.4 is 4.90 Å². The van der Waals surface area contributed by atoms with Crippen LogP contribution in [0.1, 0.15) is 13.3 Å². The van der Waals surface area contributed by atoms with Crippen molar-refractivity contribution in [3.63, 3.8) is 0 Å². The minimum absolute atomic E-state index is 0.761. The van der Waals surface area contributed by atoms with Crippen molar-refractivity contribution in [1.29, 1.82) is 0 Å². The summed E-state index contributed by atoms with van der Waals surface area (Å²) in [6.45, 7) is 5.97. The maximum absolute atomic E-state index is 2.62. The van der Waals surface area contributed by atoms with Gasteiger partial charge in [0, 0.05) is 30.9 Å². The molecule has 2 heterocycles. The predicted octanol–water partition coefficient (Wildman–Crippen LogP) is 1.97. The molecule has 2 unspecified atom stereocenters. The van der Waals surface area contributed by atoms with Gasteiger partial charge in [0.2, 0.25) is 0 Å². The van der Waals surface area contributed by atoms with Gasteiger partial charge in [-0.1, -0.05) is 25.1 Å². The van der Waals surface area contributed by atoms with Crippen LogP contribution in [-0.2, 0) is 0 Å². The lowest BCUT2D eigenvalue weighted by molar-refractivity contribution is 0.251. The SMILES string of the molecule is CCN1CC2CC1CN2c1ccccc1. The second kappa shape index (κ2) is 3.53. The van der Waals surface area contributed by atoms with E-state index in [2.05, 4.69) is 47.1 Å². The molecule has 2 saturated heterocycles. The van der Waals surface area contributed by atoms with E-state index < -0.39 is 0 Å². The summed E-state index contributed by atoms with van der Waals surface area (Å²) in [5, 5.41) is 0. The zero-order chi connectivity index (χ0) is 10.3. The summed E-state index contributed by atoms with van der Waals surface area (Å²) in [6, 6.07) is 12.4. The molecule has 0 aliphatic carbocycles. The molecule has 0 aromatic heterocycles. The Labute approximate surface area is 91.5 Å². The Morgan fingerprint density at radius 2 is 1.93 bits per heavy atom. The molecule has 2 aliphatic rings. The molecule has 80 valence electrons. The van der Waals surface area contributed by atoms with Crippen LogP contribution in [0.25, 0.3) is 0 Å². The van der Waals surface area contributed by atoms with Gasteiger partial charge in [0.15, 0.2) is 0 Å². The van der Waals surface area contributed by atoms with Crippen molar-refractivity contribution in [2.24, 2.45) is 0 Å².